The van der Waals surface area contributed by atoms with E-state index in [4.69, 9.17) is 5.11 Å². The number of halogens is 3. The SMILES string of the molecule is CC(O)(CNC(=O)Cc1cccc(OCC(F)(F)F)c1)C(=O)O. The molecule has 0 aromatic heterocycles. The van der Waals surface area contributed by atoms with E-state index >= 15 is 0 Å². The highest BCUT2D eigenvalue weighted by Gasteiger charge is 2.30. The van der Waals surface area contributed by atoms with Gasteiger partial charge in [-0.15, -0.1) is 0 Å². The molecule has 1 aromatic carbocycles. The second kappa shape index (κ2) is 7.32. The van der Waals surface area contributed by atoms with E-state index in [0.29, 0.717) is 5.56 Å². The van der Waals surface area contributed by atoms with Gasteiger partial charge in [-0.05, 0) is 24.6 Å². The number of hydrogen-bond donors (Lipinski definition) is 3. The van der Waals surface area contributed by atoms with Crippen molar-refractivity contribution in [2.45, 2.75) is 25.1 Å². The summed E-state index contributed by atoms with van der Waals surface area (Å²) in [6.07, 6.45) is -4.66. The van der Waals surface area contributed by atoms with Gasteiger partial charge >= 0.3 is 12.1 Å². The molecule has 1 unspecified atom stereocenters. The molecule has 6 nitrogen and oxygen atoms in total. The highest BCUT2D eigenvalue weighted by molar-refractivity contribution is 5.81. The van der Waals surface area contributed by atoms with Crippen LogP contribution in [0.15, 0.2) is 24.3 Å². The Morgan fingerprint density at radius 3 is 2.52 bits per heavy atom. The molecule has 1 aromatic rings. The number of benzene rings is 1. The summed E-state index contributed by atoms with van der Waals surface area (Å²) >= 11 is 0. The minimum Gasteiger partial charge on any atom is -0.484 e. The number of ether oxygens (including phenoxy) is 1. The minimum atomic E-state index is -4.46. The van der Waals surface area contributed by atoms with Gasteiger partial charge in [-0.3, -0.25) is 4.79 Å². The van der Waals surface area contributed by atoms with E-state index in [9.17, 15) is 27.9 Å². The number of carboxylic acids is 1. The lowest BCUT2D eigenvalue weighted by molar-refractivity contribution is -0.156. The lowest BCUT2D eigenvalue weighted by Gasteiger charge is -2.18. The van der Waals surface area contributed by atoms with Crippen LogP contribution in [0.4, 0.5) is 13.2 Å². The molecule has 0 fully saturated rings. The fraction of sp³-hybridized carbons (Fsp3) is 0.429. The maximum atomic E-state index is 12.1. The van der Waals surface area contributed by atoms with Gasteiger partial charge in [-0.1, -0.05) is 12.1 Å². The largest absolute Gasteiger partial charge is 0.484 e. The Kier molecular flexibility index (Phi) is 5.97. The molecule has 0 saturated heterocycles. The molecule has 0 aliphatic carbocycles. The monoisotopic (exact) mass is 335 g/mol. The van der Waals surface area contributed by atoms with Gasteiger partial charge in [0.1, 0.15) is 5.75 Å². The molecule has 0 spiro atoms. The summed E-state index contributed by atoms with van der Waals surface area (Å²) in [5, 5.41) is 20.4. The average Bonchev–Trinajstić information content (AvgIpc) is 2.43. The summed E-state index contributed by atoms with van der Waals surface area (Å²) in [4.78, 5) is 22.4. The predicted octanol–water partition coefficient (Wildman–Crippen LogP) is 1.12. The van der Waals surface area contributed by atoms with Gasteiger partial charge in [0.05, 0.1) is 13.0 Å². The molecule has 0 bridgehead atoms. The van der Waals surface area contributed by atoms with Gasteiger partial charge < -0.3 is 20.3 Å². The zero-order valence-corrected chi connectivity index (χ0v) is 12.2. The first kappa shape index (κ1) is 18.8. The van der Waals surface area contributed by atoms with Crippen molar-refractivity contribution < 1.29 is 37.7 Å². The van der Waals surface area contributed by atoms with Crippen LogP contribution in [0.5, 0.6) is 5.75 Å². The lowest BCUT2D eigenvalue weighted by Crippen LogP contribution is -2.46. The molecule has 23 heavy (non-hydrogen) atoms. The van der Waals surface area contributed by atoms with Crippen LogP contribution in [0.2, 0.25) is 0 Å². The van der Waals surface area contributed by atoms with Gasteiger partial charge in [0.2, 0.25) is 5.91 Å². The number of carbonyl (C=O) groups excluding carboxylic acids is 1. The van der Waals surface area contributed by atoms with E-state index in [-0.39, 0.29) is 12.2 Å². The summed E-state index contributed by atoms with van der Waals surface area (Å²) in [6, 6.07) is 5.54. The Hall–Kier alpha value is -2.29. The molecule has 0 heterocycles. The number of alkyl halides is 3. The van der Waals surface area contributed by atoms with Crippen LogP contribution in [0, 0.1) is 0 Å². The summed E-state index contributed by atoms with van der Waals surface area (Å²) in [5.41, 5.74) is -1.72. The Morgan fingerprint density at radius 1 is 1.30 bits per heavy atom. The fourth-order valence-electron chi connectivity index (χ4n) is 1.50. The molecule has 0 aliphatic rings. The van der Waals surface area contributed by atoms with Crippen molar-refractivity contribution in [3.63, 3.8) is 0 Å². The maximum absolute atomic E-state index is 12.1. The van der Waals surface area contributed by atoms with Gasteiger partial charge in [0.15, 0.2) is 12.2 Å². The maximum Gasteiger partial charge on any atom is 0.422 e. The molecule has 9 heteroatoms. The third-order valence-corrected chi connectivity index (χ3v) is 2.76. The molecular formula is C14H16F3NO5. The van der Waals surface area contributed by atoms with Crippen LogP contribution in [0.1, 0.15) is 12.5 Å². The summed E-state index contributed by atoms with van der Waals surface area (Å²) in [5.74, 6) is -2.11. The molecule has 3 N–H and O–H groups in total. The normalized spacial score (nSPS) is 14.0. The second-order valence-corrected chi connectivity index (χ2v) is 5.08. The molecule has 1 atom stereocenters. The average molecular weight is 335 g/mol. The summed E-state index contributed by atoms with van der Waals surface area (Å²) in [6.45, 7) is -0.906. The number of hydrogen-bond acceptors (Lipinski definition) is 4. The van der Waals surface area contributed by atoms with Crippen molar-refractivity contribution in [2.24, 2.45) is 0 Å². The van der Waals surface area contributed by atoms with E-state index < -0.39 is 36.8 Å². The first-order valence-corrected chi connectivity index (χ1v) is 6.50. The topological polar surface area (TPSA) is 95.9 Å². The highest BCUT2D eigenvalue weighted by atomic mass is 19.4. The molecule has 0 aliphatic heterocycles. The van der Waals surface area contributed by atoms with Crippen molar-refractivity contribution in [2.75, 3.05) is 13.2 Å². The van der Waals surface area contributed by atoms with Gasteiger partial charge in [-0.25, -0.2) is 4.79 Å². The van der Waals surface area contributed by atoms with Crippen LogP contribution in [0.25, 0.3) is 0 Å². The van der Waals surface area contributed by atoms with Crippen molar-refractivity contribution >= 4 is 11.9 Å². The Morgan fingerprint density at radius 2 is 1.96 bits per heavy atom. The van der Waals surface area contributed by atoms with Crippen molar-refractivity contribution in [1.29, 1.82) is 0 Å². The first-order chi connectivity index (χ1) is 10.5. The molecule has 0 saturated carbocycles. The van der Waals surface area contributed by atoms with Crippen molar-refractivity contribution in [3.05, 3.63) is 29.8 Å². The molecular weight excluding hydrogens is 319 g/mol. The van der Waals surface area contributed by atoms with E-state index in [2.05, 4.69) is 10.1 Å². The predicted molar refractivity (Wildman–Crippen MR) is 73.0 cm³/mol. The second-order valence-electron chi connectivity index (χ2n) is 5.08. The van der Waals surface area contributed by atoms with Crippen LogP contribution in [-0.4, -0.2) is 47.0 Å². The summed E-state index contributed by atoms with van der Waals surface area (Å²) in [7, 11) is 0. The number of rotatable bonds is 7. The van der Waals surface area contributed by atoms with Crippen LogP contribution in [-0.2, 0) is 16.0 Å². The number of nitrogens with one attached hydrogen (secondary N) is 1. The quantitative estimate of drug-likeness (QED) is 0.694. The first-order valence-electron chi connectivity index (χ1n) is 6.50. The van der Waals surface area contributed by atoms with E-state index in [1.54, 1.807) is 0 Å². The number of aliphatic hydroxyl groups is 1. The minimum absolute atomic E-state index is 0.0369. The third kappa shape index (κ3) is 7.00. The van der Waals surface area contributed by atoms with Crippen LogP contribution in [0.3, 0.4) is 0 Å². The third-order valence-electron chi connectivity index (χ3n) is 2.76. The highest BCUT2D eigenvalue weighted by Crippen LogP contribution is 2.19. The summed E-state index contributed by atoms with van der Waals surface area (Å²) < 4.78 is 40.8. The molecule has 128 valence electrons. The lowest BCUT2D eigenvalue weighted by atomic mass is 10.1. The van der Waals surface area contributed by atoms with Crippen LogP contribution < -0.4 is 10.1 Å². The smallest absolute Gasteiger partial charge is 0.422 e. The van der Waals surface area contributed by atoms with Crippen molar-refractivity contribution in [1.82, 2.24) is 5.32 Å². The van der Waals surface area contributed by atoms with Crippen molar-refractivity contribution in [3.8, 4) is 5.75 Å². The molecule has 0 radical (unpaired) electrons. The Bertz CT molecular complexity index is 572. The molecule has 1 amide bonds. The number of aliphatic carboxylic acids is 1. The number of carboxylic acid groups (broad SMARTS) is 1. The zero-order valence-electron chi connectivity index (χ0n) is 12.2. The van der Waals surface area contributed by atoms with E-state index in [0.717, 1.165) is 6.92 Å². The zero-order chi connectivity index (χ0) is 17.7. The fourth-order valence-corrected chi connectivity index (χ4v) is 1.50. The van der Waals surface area contributed by atoms with E-state index in [1.165, 1.54) is 24.3 Å². The number of carbonyl (C=O) groups is 2. The van der Waals surface area contributed by atoms with Crippen LogP contribution >= 0.6 is 0 Å². The standard InChI is InChI=1S/C14H16F3NO5/c1-13(22,12(20)21)7-18-11(19)6-9-3-2-4-10(5-9)23-8-14(15,16)17/h2-5,22H,6-8H2,1H3,(H,18,19)(H,20,21). The van der Waals surface area contributed by atoms with E-state index in [1.807, 2.05) is 0 Å². The van der Waals surface area contributed by atoms with Gasteiger partial charge in [-0.2, -0.15) is 13.2 Å². The van der Waals surface area contributed by atoms with Gasteiger partial charge in [0.25, 0.3) is 0 Å². The number of amides is 1. The molecule has 1 rings (SSSR count). The Labute approximate surface area is 129 Å². The van der Waals surface area contributed by atoms with Gasteiger partial charge in [0, 0.05) is 0 Å². The Balaban J connectivity index is 2.57.